The maximum absolute atomic E-state index is 14.2. The van der Waals surface area contributed by atoms with E-state index in [0.29, 0.717) is 49.1 Å². The van der Waals surface area contributed by atoms with Crippen molar-refractivity contribution in [2.24, 2.45) is 0 Å². The lowest BCUT2D eigenvalue weighted by atomic mass is 10.1. The van der Waals surface area contributed by atoms with Crippen LogP contribution in [0.5, 0.6) is 11.5 Å². The van der Waals surface area contributed by atoms with Gasteiger partial charge in [-0.2, -0.15) is 0 Å². The fourth-order valence-electron chi connectivity index (χ4n) is 3.39. The summed E-state index contributed by atoms with van der Waals surface area (Å²) in [4.78, 5) is 1.98. The Morgan fingerprint density at radius 3 is 2.73 bits per heavy atom. The van der Waals surface area contributed by atoms with E-state index in [2.05, 4.69) is 0 Å². The lowest BCUT2D eigenvalue weighted by molar-refractivity contribution is 0.00238. The van der Waals surface area contributed by atoms with Crippen molar-refractivity contribution in [3.63, 3.8) is 0 Å². The van der Waals surface area contributed by atoms with Crippen LogP contribution in [0.4, 0.5) is 4.39 Å². The van der Waals surface area contributed by atoms with Gasteiger partial charge in [-0.15, -0.1) is 0 Å². The van der Waals surface area contributed by atoms with Crippen LogP contribution < -0.4 is 9.47 Å². The summed E-state index contributed by atoms with van der Waals surface area (Å²) >= 11 is 0. The third-order valence-electron chi connectivity index (χ3n) is 4.80. The molecule has 0 saturated heterocycles. The number of rotatable bonds is 10. The molecular formula is C23H24FNO5. The molecule has 0 saturated carbocycles. The zero-order chi connectivity index (χ0) is 20.8. The largest absolute Gasteiger partial charge is 0.467 e. The topological polar surface area (TPSA) is 64.3 Å². The van der Waals surface area contributed by atoms with Gasteiger partial charge < -0.3 is 23.7 Å². The third-order valence-corrected chi connectivity index (χ3v) is 4.80. The van der Waals surface area contributed by atoms with Gasteiger partial charge in [-0.05, 0) is 35.9 Å². The summed E-state index contributed by atoms with van der Waals surface area (Å²) in [6.07, 6.45) is 0.845. The molecule has 1 N–H and O–H groups in total. The van der Waals surface area contributed by atoms with Crippen molar-refractivity contribution >= 4 is 0 Å². The van der Waals surface area contributed by atoms with Gasteiger partial charge in [-0.1, -0.05) is 24.3 Å². The first-order chi connectivity index (χ1) is 14.7. The van der Waals surface area contributed by atoms with E-state index in [0.717, 1.165) is 5.56 Å². The fraction of sp³-hybridized carbons (Fsp3) is 0.304. The highest BCUT2D eigenvalue weighted by Gasteiger charge is 2.18. The van der Waals surface area contributed by atoms with Crippen molar-refractivity contribution in [2.75, 3.05) is 19.9 Å². The Bertz CT molecular complexity index is 947. The van der Waals surface area contributed by atoms with Crippen molar-refractivity contribution in [2.45, 2.75) is 25.8 Å². The van der Waals surface area contributed by atoms with Crippen LogP contribution in [0.1, 0.15) is 16.9 Å². The van der Waals surface area contributed by atoms with Gasteiger partial charge in [-0.25, -0.2) is 4.39 Å². The highest BCUT2D eigenvalue weighted by molar-refractivity contribution is 5.44. The van der Waals surface area contributed by atoms with E-state index < -0.39 is 6.10 Å². The van der Waals surface area contributed by atoms with Gasteiger partial charge in [0.1, 0.15) is 18.2 Å². The number of furan rings is 1. The molecule has 0 unspecified atom stereocenters. The molecule has 2 aromatic carbocycles. The van der Waals surface area contributed by atoms with E-state index in [4.69, 9.17) is 18.6 Å². The summed E-state index contributed by atoms with van der Waals surface area (Å²) in [6.45, 7) is 1.84. The van der Waals surface area contributed by atoms with Gasteiger partial charge in [0.25, 0.3) is 0 Å². The molecule has 1 aromatic heterocycles. The molecule has 1 atom stereocenters. The second kappa shape index (κ2) is 9.75. The monoisotopic (exact) mass is 413 g/mol. The summed E-state index contributed by atoms with van der Waals surface area (Å²) in [5.41, 5.74) is 1.56. The smallest absolute Gasteiger partial charge is 0.231 e. The number of fused-ring (bicyclic) bond motifs is 1. The Morgan fingerprint density at radius 2 is 1.90 bits per heavy atom. The van der Waals surface area contributed by atoms with Crippen LogP contribution in [-0.2, 0) is 24.4 Å². The van der Waals surface area contributed by atoms with E-state index in [1.54, 1.807) is 30.5 Å². The van der Waals surface area contributed by atoms with E-state index in [1.807, 2.05) is 29.2 Å². The van der Waals surface area contributed by atoms with Gasteiger partial charge in [-0.3, -0.25) is 4.90 Å². The number of aliphatic hydroxyl groups is 1. The second-order valence-corrected chi connectivity index (χ2v) is 7.20. The van der Waals surface area contributed by atoms with Crippen LogP contribution in [0.3, 0.4) is 0 Å². The maximum Gasteiger partial charge on any atom is 0.231 e. The summed E-state index contributed by atoms with van der Waals surface area (Å²) < 4.78 is 35.8. The zero-order valence-electron chi connectivity index (χ0n) is 16.5. The number of ether oxygens (including phenoxy) is 3. The molecule has 2 heterocycles. The molecule has 0 amide bonds. The first kappa shape index (κ1) is 20.4. The Labute approximate surface area is 174 Å². The lowest BCUT2D eigenvalue weighted by Gasteiger charge is -2.25. The van der Waals surface area contributed by atoms with E-state index in [-0.39, 0.29) is 19.2 Å². The summed E-state index contributed by atoms with van der Waals surface area (Å²) in [7, 11) is 0. The average Bonchev–Trinajstić information content (AvgIpc) is 3.41. The summed E-state index contributed by atoms with van der Waals surface area (Å²) in [5, 5.41) is 10.5. The predicted octanol–water partition coefficient (Wildman–Crippen LogP) is 3.73. The minimum Gasteiger partial charge on any atom is -0.467 e. The van der Waals surface area contributed by atoms with E-state index in [1.165, 1.54) is 6.07 Å². The van der Waals surface area contributed by atoms with Crippen molar-refractivity contribution in [1.29, 1.82) is 0 Å². The molecule has 158 valence electrons. The van der Waals surface area contributed by atoms with Crippen LogP contribution in [-0.4, -0.2) is 36.1 Å². The number of hydrogen-bond donors (Lipinski definition) is 1. The third kappa shape index (κ3) is 5.38. The Morgan fingerprint density at radius 1 is 1.03 bits per heavy atom. The standard InChI is InChI=1S/C23H24FNO5/c24-21-6-2-1-4-18(21)12-25(11-17-7-8-22-23(10-17)30-16-29-22)13-19(26)14-27-15-20-5-3-9-28-20/h1-10,19,26H,11-16H2/t19-/m1/s1. The van der Waals surface area contributed by atoms with Gasteiger partial charge >= 0.3 is 0 Å². The minimum atomic E-state index is -0.735. The van der Waals surface area contributed by atoms with Gasteiger partial charge in [0.15, 0.2) is 11.5 Å². The normalized spacial score (nSPS) is 13.7. The molecule has 3 aromatic rings. The summed E-state index contributed by atoms with van der Waals surface area (Å²) in [6, 6.07) is 16.0. The van der Waals surface area contributed by atoms with Crippen molar-refractivity contribution in [3.05, 3.63) is 83.6 Å². The molecule has 7 heteroatoms. The second-order valence-electron chi connectivity index (χ2n) is 7.20. The molecule has 0 bridgehead atoms. The maximum atomic E-state index is 14.2. The SMILES string of the molecule is O[C@@H](COCc1ccco1)CN(Cc1ccc2c(c1)OCO2)Cc1ccccc1F. The number of nitrogens with zero attached hydrogens (tertiary/aromatic N) is 1. The van der Waals surface area contributed by atoms with Crippen molar-refractivity contribution < 1.29 is 28.1 Å². The first-order valence-electron chi connectivity index (χ1n) is 9.80. The molecule has 0 radical (unpaired) electrons. The minimum absolute atomic E-state index is 0.148. The Balaban J connectivity index is 1.40. The molecule has 30 heavy (non-hydrogen) atoms. The fourth-order valence-corrected chi connectivity index (χ4v) is 3.39. The molecule has 1 aliphatic rings. The molecule has 0 spiro atoms. The first-order valence-corrected chi connectivity index (χ1v) is 9.80. The van der Waals surface area contributed by atoms with Crippen LogP contribution in [0.25, 0.3) is 0 Å². The molecule has 4 rings (SSSR count). The zero-order valence-corrected chi connectivity index (χ0v) is 16.5. The molecule has 0 aliphatic carbocycles. The number of aliphatic hydroxyl groups excluding tert-OH is 1. The molecule has 6 nitrogen and oxygen atoms in total. The van der Waals surface area contributed by atoms with Crippen LogP contribution in [0.2, 0.25) is 0 Å². The van der Waals surface area contributed by atoms with E-state index in [9.17, 15) is 9.50 Å². The summed E-state index contributed by atoms with van der Waals surface area (Å²) in [5.74, 6) is 1.84. The van der Waals surface area contributed by atoms with Crippen molar-refractivity contribution in [3.8, 4) is 11.5 Å². The molecular weight excluding hydrogens is 389 g/mol. The van der Waals surface area contributed by atoms with Crippen LogP contribution >= 0.6 is 0 Å². The molecule has 0 fully saturated rings. The highest BCUT2D eigenvalue weighted by Crippen LogP contribution is 2.33. The lowest BCUT2D eigenvalue weighted by Crippen LogP contribution is -2.34. The van der Waals surface area contributed by atoms with Gasteiger partial charge in [0, 0.05) is 25.2 Å². The number of hydrogen-bond acceptors (Lipinski definition) is 6. The Hall–Kier alpha value is -2.87. The van der Waals surface area contributed by atoms with Crippen LogP contribution in [0.15, 0.2) is 65.3 Å². The molecule has 1 aliphatic heterocycles. The Kier molecular flexibility index (Phi) is 6.63. The average molecular weight is 413 g/mol. The van der Waals surface area contributed by atoms with Crippen LogP contribution in [0, 0.1) is 5.82 Å². The van der Waals surface area contributed by atoms with Gasteiger partial charge in [0.2, 0.25) is 6.79 Å². The number of benzene rings is 2. The highest BCUT2D eigenvalue weighted by atomic mass is 19.1. The van der Waals surface area contributed by atoms with Crippen molar-refractivity contribution in [1.82, 2.24) is 4.90 Å². The quantitative estimate of drug-likeness (QED) is 0.547. The van der Waals surface area contributed by atoms with E-state index >= 15 is 0 Å². The van der Waals surface area contributed by atoms with Gasteiger partial charge in [0.05, 0.1) is 19.0 Å². The number of halogens is 1. The predicted molar refractivity (Wildman–Crippen MR) is 107 cm³/mol.